The molecule has 0 amide bonds. The summed E-state index contributed by atoms with van der Waals surface area (Å²) >= 11 is 5.53. The lowest BCUT2D eigenvalue weighted by atomic mass is 10.1. The molecule has 3 heteroatoms. The summed E-state index contributed by atoms with van der Waals surface area (Å²) in [7, 11) is 0. The van der Waals surface area contributed by atoms with Gasteiger partial charge in [-0.1, -0.05) is 60.9 Å². The van der Waals surface area contributed by atoms with Crippen LogP contribution < -0.4 is 0 Å². The third-order valence-electron chi connectivity index (χ3n) is 3.11. The largest absolute Gasteiger partial charge is 0.380 e. The Labute approximate surface area is 138 Å². The number of hydrogen-bond acceptors (Lipinski definition) is 2. The number of aliphatic hydroxyl groups excluding tert-OH is 1. The molecule has 0 heterocycles. The highest BCUT2D eigenvalue weighted by atomic mass is 79.9. The maximum absolute atomic E-state index is 9.56. The molecule has 0 aliphatic heterocycles. The summed E-state index contributed by atoms with van der Waals surface area (Å²) in [6, 6.07) is 0. The van der Waals surface area contributed by atoms with Crippen LogP contribution in [0.25, 0.3) is 0 Å². The molecule has 0 aromatic carbocycles. The zero-order chi connectivity index (χ0) is 14.9. The lowest BCUT2D eigenvalue weighted by Gasteiger charge is -2.01. The van der Waals surface area contributed by atoms with Crippen molar-refractivity contribution in [2.75, 3.05) is 16.8 Å². The maximum atomic E-state index is 9.56. The Morgan fingerprint density at radius 1 is 1.00 bits per heavy atom. The van der Waals surface area contributed by atoms with Crippen LogP contribution in [0.5, 0.6) is 0 Å². The molecule has 0 aliphatic carbocycles. The van der Waals surface area contributed by atoms with Crippen LogP contribution in [-0.4, -0.2) is 28.0 Å². The van der Waals surface area contributed by atoms with Gasteiger partial charge in [-0.25, -0.2) is 0 Å². The fraction of sp³-hybridized carbons (Fsp3) is 0.882. The normalized spacial score (nSPS) is 11.9. The van der Waals surface area contributed by atoms with Gasteiger partial charge in [0.2, 0.25) is 0 Å². The van der Waals surface area contributed by atoms with Gasteiger partial charge in [-0.15, -0.1) is 5.92 Å². The van der Waals surface area contributed by atoms with Crippen molar-refractivity contribution < 1.29 is 5.11 Å². The van der Waals surface area contributed by atoms with Crippen molar-refractivity contribution in [3.05, 3.63) is 0 Å². The van der Waals surface area contributed by atoms with Gasteiger partial charge < -0.3 is 5.11 Å². The van der Waals surface area contributed by atoms with Crippen molar-refractivity contribution in [2.24, 2.45) is 0 Å². The van der Waals surface area contributed by atoms with Gasteiger partial charge in [-0.2, -0.15) is 11.8 Å². The van der Waals surface area contributed by atoms with Crippen LogP contribution in [0.3, 0.4) is 0 Å². The third kappa shape index (κ3) is 16.4. The Hall–Kier alpha value is 0.350. The zero-order valence-corrected chi connectivity index (χ0v) is 15.4. The van der Waals surface area contributed by atoms with Crippen LogP contribution in [0.2, 0.25) is 0 Å². The molecular weight excluding hydrogens is 332 g/mol. The van der Waals surface area contributed by atoms with E-state index in [-0.39, 0.29) is 0 Å². The monoisotopic (exact) mass is 362 g/mol. The highest BCUT2D eigenvalue weighted by molar-refractivity contribution is 9.09. The quantitative estimate of drug-likeness (QED) is 0.269. The number of unbranched alkanes of at least 4 members (excludes halogenated alkanes) is 6. The van der Waals surface area contributed by atoms with E-state index in [2.05, 4.69) is 46.5 Å². The lowest BCUT2D eigenvalue weighted by molar-refractivity contribution is 0.218. The van der Waals surface area contributed by atoms with E-state index < -0.39 is 6.10 Å². The summed E-state index contributed by atoms with van der Waals surface area (Å²) in [5, 5.41) is 10.7. The van der Waals surface area contributed by atoms with Gasteiger partial charge >= 0.3 is 0 Å². The van der Waals surface area contributed by atoms with Gasteiger partial charge in [0.1, 0.15) is 6.10 Å². The van der Waals surface area contributed by atoms with Crippen LogP contribution in [-0.2, 0) is 0 Å². The van der Waals surface area contributed by atoms with Crippen LogP contribution in [0.15, 0.2) is 0 Å². The van der Waals surface area contributed by atoms with Gasteiger partial charge in [0.15, 0.2) is 0 Å². The fourth-order valence-electron chi connectivity index (χ4n) is 1.87. The van der Waals surface area contributed by atoms with E-state index >= 15 is 0 Å². The topological polar surface area (TPSA) is 20.2 Å². The maximum Gasteiger partial charge on any atom is 0.114 e. The molecule has 0 bridgehead atoms. The predicted octanol–water partition coefficient (Wildman–Crippen LogP) is 5.40. The Balaban J connectivity index is 3.18. The van der Waals surface area contributed by atoms with E-state index in [4.69, 9.17) is 0 Å². The standard InChI is InChI=1S/C17H31BrOS/c1-2-3-12-17(19)13-9-7-5-4-6-8-10-15-20-16-11-14-18/h17,19H,2-8,10-12,14-16H2,1H3/t17-/m1/s1. The first-order valence-corrected chi connectivity index (χ1v) is 10.4. The van der Waals surface area contributed by atoms with Crippen LogP contribution in [0.4, 0.5) is 0 Å². The van der Waals surface area contributed by atoms with Crippen molar-refractivity contribution in [1.29, 1.82) is 0 Å². The molecule has 20 heavy (non-hydrogen) atoms. The second-order valence-corrected chi connectivity index (χ2v) is 7.17. The molecule has 0 saturated heterocycles. The lowest BCUT2D eigenvalue weighted by Crippen LogP contribution is -2.01. The fourth-order valence-corrected chi connectivity index (χ4v) is 3.48. The first-order valence-electron chi connectivity index (χ1n) is 8.11. The molecule has 0 saturated carbocycles. The average Bonchev–Trinajstić information content (AvgIpc) is 2.46. The van der Waals surface area contributed by atoms with Crippen molar-refractivity contribution in [1.82, 2.24) is 0 Å². The molecule has 0 aromatic rings. The molecule has 0 unspecified atom stereocenters. The number of halogens is 1. The van der Waals surface area contributed by atoms with Crippen LogP contribution in [0, 0.1) is 11.8 Å². The first kappa shape index (κ1) is 20.3. The predicted molar refractivity (Wildman–Crippen MR) is 96.7 cm³/mol. The Morgan fingerprint density at radius 3 is 2.45 bits per heavy atom. The van der Waals surface area contributed by atoms with E-state index in [9.17, 15) is 5.11 Å². The Morgan fingerprint density at radius 2 is 1.70 bits per heavy atom. The minimum Gasteiger partial charge on any atom is -0.380 e. The van der Waals surface area contributed by atoms with Crippen LogP contribution in [0.1, 0.15) is 71.1 Å². The van der Waals surface area contributed by atoms with Gasteiger partial charge in [0, 0.05) is 11.8 Å². The molecule has 0 rings (SSSR count). The SMILES string of the molecule is CCCC[C@@H](O)C#CCCCCCCCSCCCBr. The second-order valence-electron chi connectivity index (χ2n) is 5.15. The summed E-state index contributed by atoms with van der Waals surface area (Å²) in [5.41, 5.74) is 0. The van der Waals surface area contributed by atoms with E-state index in [1.165, 1.54) is 50.0 Å². The first-order chi connectivity index (χ1) is 9.81. The van der Waals surface area contributed by atoms with Gasteiger partial charge in [0.05, 0.1) is 0 Å². The number of rotatable bonds is 13. The summed E-state index contributed by atoms with van der Waals surface area (Å²) in [6.45, 7) is 2.14. The Bertz CT molecular complexity index is 247. The summed E-state index contributed by atoms with van der Waals surface area (Å²) in [5.74, 6) is 8.67. The minimum absolute atomic E-state index is 0.397. The molecule has 0 aromatic heterocycles. The number of alkyl halides is 1. The molecule has 118 valence electrons. The smallest absolute Gasteiger partial charge is 0.114 e. The second kappa shape index (κ2) is 17.4. The summed E-state index contributed by atoms with van der Waals surface area (Å²) in [4.78, 5) is 0. The van der Waals surface area contributed by atoms with E-state index in [1.807, 2.05) is 0 Å². The van der Waals surface area contributed by atoms with Gasteiger partial charge in [-0.3, -0.25) is 0 Å². The van der Waals surface area contributed by atoms with E-state index in [0.29, 0.717) is 0 Å². The third-order valence-corrected chi connectivity index (χ3v) is 4.83. The molecular formula is C17H31BrOS. The average molecular weight is 363 g/mol. The molecule has 0 spiro atoms. The molecule has 0 radical (unpaired) electrons. The number of thioether (sulfide) groups is 1. The van der Waals surface area contributed by atoms with Crippen molar-refractivity contribution in [2.45, 2.75) is 77.2 Å². The van der Waals surface area contributed by atoms with Crippen molar-refractivity contribution in [3.8, 4) is 11.8 Å². The molecule has 0 fully saturated rings. The number of aliphatic hydroxyl groups is 1. The highest BCUT2D eigenvalue weighted by Crippen LogP contribution is 2.11. The summed E-state index contributed by atoms with van der Waals surface area (Å²) in [6.07, 6.45) is 11.4. The van der Waals surface area contributed by atoms with Gasteiger partial charge in [-0.05, 0) is 37.2 Å². The minimum atomic E-state index is -0.397. The Kier molecular flexibility index (Phi) is 17.7. The molecule has 1 nitrogen and oxygen atoms in total. The van der Waals surface area contributed by atoms with Crippen LogP contribution >= 0.6 is 27.7 Å². The van der Waals surface area contributed by atoms with Gasteiger partial charge in [0.25, 0.3) is 0 Å². The van der Waals surface area contributed by atoms with E-state index in [0.717, 1.165) is 31.0 Å². The van der Waals surface area contributed by atoms with Crippen molar-refractivity contribution in [3.63, 3.8) is 0 Å². The van der Waals surface area contributed by atoms with E-state index in [1.54, 1.807) is 0 Å². The summed E-state index contributed by atoms with van der Waals surface area (Å²) < 4.78 is 0. The highest BCUT2D eigenvalue weighted by Gasteiger charge is 1.96. The molecule has 1 atom stereocenters. The molecule has 1 N–H and O–H groups in total. The number of hydrogen-bond donors (Lipinski definition) is 1. The van der Waals surface area contributed by atoms with Crippen molar-refractivity contribution >= 4 is 27.7 Å². The molecule has 0 aliphatic rings. The zero-order valence-electron chi connectivity index (χ0n) is 13.0.